The molecule has 0 radical (unpaired) electrons. The molecule has 0 spiro atoms. The van der Waals surface area contributed by atoms with E-state index in [1.54, 1.807) is 11.3 Å². The minimum Gasteiger partial charge on any atom is -0.327 e. The van der Waals surface area contributed by atoms with Crippen LogP contribution in [-0.2, 0) is 6.42 Å². The molecule has 126 valence electrons. The van der Waals surface area contributed by atoms with E-state index in [1.807, 2.05) is 36.1 Å². The molecule has 2 heterocycles. The van der Waals surface area contributed by atoms with Crippen molar-refractivity contribution in [2.24, 2.45) is 0 Å². The maximum Gasteiger partial charge on any atom is 0.254 e. The normalized spacial score (nSPS) is 16.6. The second-order valence-corrected chi connectivity index (χ2v) is 7.67. The number of carbonyl (C=O) groups excluding carboxylic acids is 1. The van der Waals surface area contributed by atoms with Crippen molar-refractivity contribution < 1.29 is 4.79 Å². The Balaban J connectivity index is 1.79. The van der Waals surface area contributed by atoms with Crippen LogP contribution in [0.15, 0.2) is 60.0 Å². The summed E-state index contributed by atoms with van der Waals surface area (Å²) in [5.74, 6) is 0.116. The lowest BCUT2D eigenvalue weighted by atomic mass is 9.90. The van der Waals surface area contributed by atoms with Gasteiger partial charge in [-0.1, -0.05) is 42.0 Å². The highest BCUT2D eigenvalue weighted by molar-refractivity contribution is 7.10. The fourth-order valence-corrected chi connectivity index (χ4v) is 4.53. The number of aryl methyl sites for hydroxylation is 2. The Kier molecular flexibility index (Phi) is 4.18. The molecule has 2 nitrogen and oxygen atoms in total. The SMILES string of the molecule is Cc1ccc(C(=O)N2CCc3sccc3[C@@H]2c2ccccc2C)cc1. The van der Waals surface area contributed by atoms with Crippen molar-refractivity contribution in [3.63, 3.8) is 0 Å². The van der Waals surface area contributed by atoms with E-state index in [0.717, 1.165) is 18.5 Å². The van der Waals surface area contributed by atoms with Crippen molar-refractivity contribution in [1.29, 1.82) is 0 Å². The van der Waals surface area contributed by atoms with Crippen LogP contribution in [0.4, 0.5) is 0 Å². The van der Waals surface area contributed by atoms with Gasteiger partial charge in [0.15, 0.2) is 0 Å². The minimum atomic E-state index is 0.00463. The third-order valence-electron chi connectivity index (χ3n) is 5.01. The van der Waals surface area contributed by atoms with Crippen LogP contribution < -0.4 is 0 Å². The van der Waals surface area contributed by atoms with Gasteiger partial charge in [-0.15, -0.1) is 11.3 Å². The average molecular weight is 347 g/mol. The Morgan fingerprint density at radius 3 is 2.52 bits per heavy atom. The first-order valence-electron chi connectivity index (χ1n) is 8.64. The lowest BCUT2D eigenvalue weighted by Gasteiger charge is -2.37. The molecule has 1 amide bonds. The Hall–Kier alpha value is -2.39. The molecular weight excluding hydrogens is 326 g/mol. The van der Waals surface area contributed by atoms with Crippen molar-refractivity contribution in [2.75, 3.05) is 6.54 Å². The average Bonchev–Trinajstić information content (AvgIpc) is 3.10. The predicted octanol–water partition coefficient (Wildman–Crippen LogP) is 5.15. The lowest BCUT2D eigenvalue weighted by molar-refractivity contribution is 0.0696. The first-order valence-corrected chi connectivity index (χ1v) is 9.52. The van der Waals surface area contributed by atoms with Crippen molar-refractivity contribution in [3.05, 3.63) is 92.7 Å². The zero-order valence-corrected chi connectivity index (χ0v) is 15.3. The van der Waals surface area contributed by atoms with Gasteiger partial charge in [-0.2, -0.15) is 0 Å². The summed E-state index contributed by atoms with van der Waals surface area (Å²) in [6, 6.07) is 18.5. The first-order chi connectivity index (χ1) is 12.1. The van der Waals surface area contributed by atoms with Crippen LogP contribution in [0.5, 0.6) is 0 Å². The third kappa shape index (κ3) is 2.89. The summed E-state index contributed by atoms with van der Waals surface area (Å²) in [6.45, 7) is 4.94. The molecule has 1 atom stereocenters. The van der Waals surface area contributed by atoms with Crippen molar-refractivity contribution in [3.8, 4) is 0 Å². The molecule has 0 N–H and O–H groups in total. The zero-order chi connectivity index (χ0) is 17.4. The molecule has 3 heteroatoms. The van der Waals surface area contributed by atoms with Crippen molar-refractivity contribution in [2.45, 2.75) is 26.3 Å². The van der Waals surface area contributed by atoms with Gasteiger partial charge in [-0.05, 0) is 60.5 Å². The Labute approximate surface area is 152 Å². The molecule has 0 bridgehead atoms. The molecule has 1 aromatic heterocycles. The van der Waals surface area contributed by atoms with E-state index in [-0.39, 0.29) is 11.9 Å². The van der Waals surface area contributed by atoms with Gasteiger partial charge in [0.05, 0.1) is 6.04 Å². The summed E-state index contributed by atoms with van der Waals surface area (Å²) in [4.78, 5) is 16.7. The zero-order valence-electron chi connectivity index (χ0n) is 14.5. The third-order valence-corrected chi connectivity index (χ3v) is 6.00. The molecule has 0 aliphatic carbocycles. The van der Waals surface area contributed by atoms with E-state index in [0.29, 0.717) is 0 Å². The number of amides is 1. The van der Waals surface area contributed by atoms with Crippen LogP contribution in [0.1, 0.15) is 43.5 Å². The van der Waals surface area contributed by atoms with Gasteiger partial charge < -0.3 is 4.90 Å². The van der Waals surface area contributed by atoms with E-state index < -0.39 is 0 Å². The Morgan fingerprint density at radius 1 is 1.00 bits per heavy atom. The Morgan fingerprint density at radius 2 is 1.76 bits per heavy atom. The van der Waals surface area contributed by atoms with Gasteiger partial charge >= 0.3 is 0 Å². The van der Waals surface area contributed by atoms with Crippen LogP contribution in [0, 0.1) is 13.8 Å². The van der Waals surface area contributed by atoms with Crippen molar-refractivity contribution >= 4 is 17.2 Å². The number of hydrogen-bond acceptors (Lipinski definition) is 2. The van der Waals surface area contributed by atoms with E-state index in [4.69, 9.17) is 0 Å². The molecule has 1 aliphatic heterocycles. The van der Waals surface area contributed by atoms with Gasteiger partial charge in [0.1, 0.15) is 0 Å². The number of hydrogen-bond donors (Lipinski definition) is 0. The Bertz CT molecular complexity index is 910. The quantitative estimate of drug-likeness (QED) is 0.627. The second-order valence-electron chi connectivity index (χ2n) is 6.67. The fraction of sp³-hybridized carbons (Fsp3) is 0.227. The number of rotatable bonds is 2. The maximum atomic E-state index is 13.3. The van der Waals surface area contributed by atoms with E-state index in [1.165, 1.54) is 27.1 Å². The number of thiophene rings is 1. The highest BCUT2D eigenvalue weighted by Crippen LogP contribution is 2.39. The molecule has 0 fully saturated rings. The van der Waals surface area contributed by atoms with E-state index in [2.05, 4.69) is 42.6 Å². The van der Waals surface area contributed by atoms with Crippen LogP contribution >= 0.6 is 11.3 Å². The summed E-state index contributed by atoms with van der Waals surface area (Å²) in [7, 11) is 0. The maximum absolute atomic E-state index is 13.3. The van der Waals surface area contributed by atoms with Gasteiger partial charge in [0.25, 0.3) is 5.91 Å². The van der Waals surface area contributed by atoms with Crippen LogP contribution in [-0.4, -0.2) is 17.4 Å². The van der Waals surface area contributed by atoms with Crippen molar-refractivity contribution in [1.82, 2.24) is 4.90 Å². The summed E-state index contributed by atoms with van der Waals surface area (Å²) in [6.07, 6.45) is 0.937. The molecule has 4 rings (SSSR count). The number of carbonyl (C=O) groups is 1. The van der Waals surface area contributed by atoms with Gasteiger partial charge in [0, 0.05) is 17.0 Å². The number of fused-ring (bicyclic) bond motifs is 1. The molecule has 2 aromatic carbocycles. The van der Waals surface area contributed by atoms with E-state index in [9.17, 15) is 4.79 Å². The standard InChI is InChI=1S/C22H21NOS/c1-15-7-9-17(10-8-15)22(24)23-13-11-20-19(12-14-25-20)21(23)18-6-4-3-5-16(18)2/h3-10,12,14,21H,11,13H2,1-2H3/t21-/m0/s1. The molecule has 3 aromatic rings. The highest BCUT2D eigenvalue weighted by atomic mass is 32.1. The minimum absolute atomic E-state index is 0.00463. The van der Waals surface area contributed by atoms with Gasteiger partial charge in [-0.3, -0.25) is 4.79 Å². The van der Waals surface area contributed by atoms with E-state index >= 15 is 0 Å². The predicted molar refractivity (Wildman–Crippen MR) is 103 cm³/mol. The molecular formula is C22H21NOS. The smallest absolute Gasteiger partial charge is 0.254 e. The highest BCUT2D eigenvalue weighted by Gasteiger charge is 2.33. The summed E-state index contributed by atoms with van der Waals surface area (Å²) in [5.41, 5.74) is 5.68. The van der Waals surface area contributed by atoms with Crippen LogP contribution in [0.2, 0.25) is 0 Å². The van der Waals surface area contributed by atoms with Crippen LogP contribution in [0.3, 0.4) is 0 Å². The molecule has 25 heavy (non-hydrogen) atoms. The largest absolute Gasteiger partial charge is 0.327 e. The molecule has 0 unspecified atom stereocenters. The molecule has 0 saturated heterocycles. The summed E-state index contributed by atoms with van der Waals surface area (Å²) in [5, 5.41) is 2.15. The number of nitrogens with zero attached hydrogens (tertiary/aromatic N) is 1. The monoisotopic (exact) mass is 347 g/mol. The summed E-state index contributed by atoms with van der Waals surface area (Å²) >= 11 is 1.80. The number of benzene rings is 2. The second kappa shape index (κ2) is 6.49. The molecule has 1 aliphatic rings. The first kappa shape index (κ1) is 16.1. The fourth-order valence-electron chi connectivity index (χ4n) is 3.63. The van der Waals surface area contributed by atoms with Crippen LogP contribution in [0.25, 0.3) is 0 Å². The lowest BCUT2D eigenvalue weighted by Crippen LogP contribution is -2.40. The topological polar surface area (TPSA) is 20.3 Å². The van der Waals surface area contributed by atoms with Gasteiger partial charge in [0.2, 0.25) is 0 Å². The molecule has 0 saturated carbocycles. The van der Waals surface area contributed by atoms with Gasteiger partial charge in [-0.25, -0.2) is 0 Å². The summed E-state index contributed by atoms with van der Waals surface area (Å²) < 4.78 is 0.